The number of Topliss-reactive ketones (excluding diaryl/α,β-unsaturated/α-hetero) is 1. The summed E-state index contributed by atoms with van der Waals surface area (Å²) in [5, 5.41) is 0.298. The maximum atomic E-state index is 13.3. The molecular formula is C23H23N3O6S. The first-order chi connectivity index (χ1) is 15.8. The number of benzene rings is 1. The predicted octanol–water partition coefficient (Wildman–Crippen LogP) is 3.13. The zero-order valence-corrected chi connectivity index (χ0v) is 19.5. The summed E-state index contributed by atoms with van der Waals surface area (Å²) in [6.07, 6.45) is 1.32. The molecule has 1 aliphatic rings. The van der Waals surface area contributed by atoms with E-state index in [-0.39, 0.29) is 24.9 Å². The van der Waals surface area contributed by atoms with Gasteiger partial charge in [0.05, 0.1) is 30.0 Å². The third-order valence-corrected chi connectivity index (χ3v) is 6.82. The zero-order valence-electron chi connectivity index (χ0n) is 18.7. The summed E-state index contributed by atoms with van der Waals surface area (Å²) >= 11 is 1.09. The summed E-state index contributed by atoms with van der Waals surface area (Å²) in [5.41, 5.74) is 0.958. The normalized spacial score (nSPS) is 14.1. The van der Waals surface area contributed by atoms with Crippen molar-refractivity contribution in [2.75, 3.05) is 24.7 Å². The first-order valence-electron chi connectivity index (χ1n) is 10.6. The van der Waals surface area contributed by atoms with Crippen molar-refractivity contribution in [1.82, 2.24) is 9.55 Å². The van der Waals surface area contributed by atoms with Crippen molar-refractivity contribution >= 4 is 44.9 Å². The van der Waals surface area contributed by atoms with Crippen LogP contribution in [0.15, 0.2) is 29.3 Å². The second-order valence-corrected chi connectivity index (χ2v) is 8.56. The Kier molecular flexibility index (Phi) is 6.03. The van der Waals surface area contributed by atoms with Crippen LogP contribution in [0.1, 0.15) is 52.4 Å². The molecule has 0 aliphatic carbocycles. The maximum absolute atomic E-state index is 13.3. The smallest absolute Gasteiger partial charge is 0.348 e. The molecule has 0 saturated heterocycles. The number of carbonyl (C=O) groups is 3. The van der Waals surface area contributed by atoms with Gasteiger partial charge in [0.25, 0.3) is 11.5 Å². The van der Waals surface area contributed by atoms with Gasteiger partial charge in [0.15, 0.2) is 12.4 Å². The molecule has 1 atom stereocenters. The first kappa shape index (κ1) is 22.7. The van der Waals surface area contributed by atoms with Gasteiger partial charge in [0, 0.05) is 12.1 Å². The van der Waals surface area contributed by atoms with Crippen molar-refractivity contribution in [2.45, 2.75) is 33.7 Å². The Morgan fingerprint density at radius 3 is 2.73 bits per heavy atom. The van der Waals surface area contributed by atoms with E-state index < -0.39 is 17.6 Å². The highest BCUT2D eigenvalue weighted by molar-refractivity contribution is 7.20. The van der Waals surface area contributed by atoms with Crippen LogP contribution in [-0.4, -0.2) is 47.0 Å². The van der Waals surface area contributed by atoms with Crippen LogP contribution >= 0.6 is 11.3 Å². The average molecular weight is 470 g/mol. The first-order valence-corrected chi connectivity index (χ1v) is 11.4. The number of esters is 1. The second kappa shape index (κ2) is 8.78. The van der Waals surface area contributed by atoms with Gasteiger partial charge in [-0.25, -0.2) is 9.78 Å². The minimum absolute atomic E-state index is 0.0423. The SMILES string of the molecule is CCOC(=O)c1sc2ncn(C(C)C(=O)c3ccc4c(c3)N(CC)C(=O)CO4)c(=O)c2c1C. The van der Waals surface area contributed by atoms with Gasteiger partial charge >= 0.3 is 5.97 Å². The van der Waals surface area contributed by atoms with Gasteiger partial charge in [-0.2, -0.15) is 0 Å². The number of carbonyl (C=O) groups excluding carboxylic acids is 3. The lowest BCUT2D eigenvalue weighted by Crippen LogP contribution is -2.38. The monoisotopic (exact) mass is 469 g/mol. The van der Waals surface area contributed by atoms with E-state index in [4.69, 9.17) is 9.47 Å². The fourth-order valence-corrected chi connectivity index (χ4v) is 4.91. The topological polar surface area (TPSA) is 108 Å². The lowest BCUT2D eigenvalue weighted by Gasteiger charge is -2.28. The molecule has 0 bridgehead atoms. The quantitative estimate of drug-likeness (QED) is 0.403. The number of aromatic nitrogens is 2. The fraction of sp³-hybridized carbons (Fsp3) is 0.348. The molecule has 172 valence electrons. The van der Waals surface area contributed by atoms with Crippen LogP contribution in [0.3, 0.4) is 0 Å². The molecule has 9 nitrogen and oxygen atoms in total. The Hall–Kier alpha value is -3.53. The van der Waals surface area contributed by atoms with Gasteiger partial charge < -0.3 is 14.4 Å². The number of rotatable bonds is 6. The van der Waals surface area contributed by atoms with E-state index in [0.717, 1.165) is 11.3 Å². The van der Waals surface area contributed by atoms with Crippen molar-refractivity contribution < 1.29 is 23.9 Å². The van der Waals surface area contributed by atoms with E-state index in [0.29, 0.717) is 44.2 Å². The predicted molar refractivity (Wildman–Crippen MR) is 124 cm³/mol. The number of hydrogen-bond acceptors (Lipinski definition) is 8. The molecule has 0 N–H and O–H groups in total. The minimum atomic E-state index is -0.854. The summed E-state index contributed by atoms with van der Waals surface area (Å²) in [4.78, 5) is 57.5. The third-order valence-electron chi connectivity index (χ3n) is 5.64. The molecule has 0 radical (unpaired) electrons. The number of hydrogen-bond donors (Lipinski definition) is 0. The van der Waals surface area contributed by atoms with E-state index >= 15 is 0 Å². The number of amides is 1. The van der Waals surface area contributed by atoms with E-state index in [1.54, 1.807) is 43.9 Å². The largest absolute Gasteiger partial charge is 0.482 e. The molecule has 3 heterocycles. The number of ketones is 1. The van der Waals surface area contributed by atoms with E-state index in [1.807, 2.05) is 6.92 Å². The number of ether oxygens (including phenoxy) is 2. The fourth-order valence-electron chi connectivity index (χ4n) is 3.87. The van der Waals surface area contributed by atoms with Gasteiger partial charge in [-0.15, -0.1) is 11.3 Å². The van der Waals surface area contributed by atoms with Crippen LogP contribution in [0.2, 0.25) is 0 Å². The molecule has 33 heavy (non-hydrogen) atoms. The molecule has 0 fully saturated rings. The molecule has 3 aromatic rings. The van der Waals surface area contributed by atoms with Crippen LogP contribution in [0.25, 0.3) is 10.2 Å². The standard InChI is InChI=1S/C23H23N3O6S/c1-5-25-15-9-14(7-8-16(15)32-10-17(25)27)19(28)13(4)26-11-24-21-18(22(26)29)12(3)20(33-21)23(30)31-6-2/h7-9,11,13H,5-6,10H2,1-4H3. The number of nitrogens with zero attached hydrogens (tertiary/aromatic N) is 3. The Labute approximate surface area is 193 Å². The van der Waals surface area contributed by atoms with Crippen molar-refractivity contribution in [2.24, 2.45) is 0 Å². The molecule has 1 unspecified atom stereocenters. The summed E-state index contributed by atoms with van der Waals surface area (Å²) in [5.74, 6) is -0.465. The van der Waals surface area contributed by atoms with Crippen LogP contribution in [-0.2, 0) is 9.53 Å². The number of thiophene rings is 1. The van der Waals surface area contributed by atoms with Gasteiger partial charge in [0.1, 0.15) is 15.5 Å². The van der Waals surface area contributed by atoms with Crippen molar-refractivity contribution in [1.29, 1.82) is 0 Å². The molecule has 1 aliphatic heterocycles. The lowest BCUT2D eigenvalue weighted by atomic mass is 10.0. The maximum Gasteiger partial charge on any atom is 0.348 e. The summed E-state index contributed by atoms with van der Waals surface area (Å²) in [7, 11) is 0. The zero-order chi connectivity index (χ0) is 23.9. The highest BCUT2D eigenvalue weighted by atomic mass is 32.1. The Balaban J connectivity index is 1.72. The Bertz CT molecular complexity index is 1340. The molecule has 2 aromatic heterocycles. The molecule has 0 saturated carbocycles. The summed E-state index contributed by atoms with van der Waals surface area (Å²) in [6.45, 7) is 7.47. The van der Waals surface area contributed by atoms with Crippen molar-refractivity contribution in [3.8, 4) is 5.75 Å². The van der Waals surface area contributed by atoms with Gasteiger partial charge in [-0.1, -0.05) is 0 Å². The van der Waals surface area contributed by atoms with E-state index in [9.17, 15) is 19.2 Å². The third kappa shape index (κ3) is 3.80. The van der Waals surface area contributed by atoms with Crippen LogP contribution in [0.4, 0.5) is 5.69 Å². The summed E-state index contributed by atoms with van der Waals surface area (Å²) in [6, 6.07) is 4.03. The number of aryl methyl sites for hydroxylation is 1. The van der Waals surface area contributed by atoms with Crippen LogP contribution < -0.4 is 15.2 Å². The molecule has 4 rings (SSSR count). The molecule has 10 heteroatoms. The van der Waals surface area contributed by atoms with Crippen molar-refractivity contribution in [3.05, 3.63) is 50.9 Å². The van der Waals surface area contributed by atoms with E-state index in [1.165, 1.54) is 10.9 Å². The number of fused-ring (bicyclic) bond motifs is 2. The van der Waals surface area contributed by atoms with Gasteiger partial charge in [0.2, 0.25) is 0 Å². The average Bonchev–Trinajstić information content (AvgIpc) is 3.15. The highest BCUT2D eigenvalue weighted by Crippen LogP contribution is 2.34. The number of anilines is 1. The second-order valence-electron chi connectivity index (χ2n) is 7.56. The Morgan fingerprint density at radius 2 is 2.03 bits per heavy atom. The van der Waals surface area contributed by atoms with E-state index in [2.05, 4.69) is 4.98 Å². The van der Waals surface area contributed by atoms with Crippen LogP contribution in [0, 0.1) is 6.92 Å². The van der Waals surface area contributed by atoms with Crippen LogP contribution in [0.5, 0.6) is 5.75 Å². The molecular weight excluding hydrogens is 446 g/mol. The molecule has 0 spiro atoms. The summed E-state index contributed by atoms with van der Waals surface area (Å²) < 4.78 is 11.8. The highest BCUT2D eigenvalue weighted by Gasteiger charge is 2.28. The molecule has 1 amide bonds. The minimum Gasteiger partial charge on any atom is -0.482 e. The number of likely N-dealkylation sites (N-methyl/N-ethyl adjacent to an activating group) is 1. The molecule has 1 aromatic carbocycles. The van der Waals surface area contributed by atoms with Crippen molar-refractivity contribution in [3.63, 3.8) is 0 Å². The van der Waals surface area contributed by atoms with Gasteiger partial charge in [-0.05, 0) is 51.5 Å². The Morgan fingerprint density at radius 1 is 1.27 bits per heavy atom. The van der Waals surface area contributed by atoms with Gasteiger partial charge in [-0.3, -0.25) is 19.0 Å². The lowest BCUT2D eigenvalue weighted by molar-refractivity contribution is -0.121.